The highest BCUT2D eigenvalue weighted by atomic mass is 31.1. The second-order valence-corrected chi connectivity index (χ2v) is 17.9. The Balaban J connectivity index is 0.000000144. The summed E-state index contributed by atoms with van der Waals surface area (Å²) in [5.74, 6) is 1.14. The lowest BCUT2D eigenvalue weighted by Crippen LogP contribution is -2.39. The van der Waals surface area contributed by atoms with Crippen molar-refractivity contribution in [3.8, 4) is 11.5 Å². The number of rotatable bonds is 11. The molecule has 11 nitrogen and oxygen atoms in total. The van der Waals surface area contributed by atoms with E-state index >= 15 is 0 Å². The molecule has 4 N–H and O–H groups in total. The Kier molecular flexibility index (Phi) is 18.3. The van der Waals surface area contributed by atoms with Gasteiger partial charge in [0.2, 0.25) is 11.8 Å². The van der Waals surface area contributed by atoms with E-state index in [1.807, 2.05) is 18.2 Å². The van der Waals surface area contributed by atoms with Gasteiger partial charge in [-0.15, -0.1) is 0 Å². The number of nitrogens with one attached hydrogen (secondary N) is 2. The largest absolute Gasteiger partial charge is 0.508 e. The van der Waals surface area contributed by atoms with Crippen LogP contribution in [0.2, 0.25) is 0 Å². The van der Waals surface area contributed by atoms with E-state index in [1.165, 1.54) is 15.9 Å². The third kappa shape index (κ3) is 14.5. The molecule has 4 aliphatic rings. The lowest BCUT2D eigenvalue weighted by molar-refractivity contribution is -0.115. The van der Waals surface area contributed by atoms with E-state index < -0.39 is 7.92 Å². The average Bonchev–Trinajstić information content (AvgIpc) is 3.87. The third-order valence-corrected chi connectivity index (χ3v) is 13.5. The van der Waals surface area contributed by atoms with Crippen LogP contribution in [0.15, 0.2) is 127 Å². The van der Waals surface area contributed by atoms with Gasteiger partial charge in [0.1, 0.15) is 17.6 Å². The minimum Gasteiger partial charge on any atom is -0.508 e. The van der Waals surface area contributed by atoms with Crippen molar-refractivity contribution in [1.29, 1.82) is 0 Å². The van der Waals surface area contributed by atoms with Crippen LogP contribution in [0.3, 0.4) is 0 Å². The van der Waals surface area contributed by atoms with Gasteiger partial charge in [0.25, 0.3) is 0 Å². The molecule has 2 saturated heterocycles. The second kappa shape index (κ2) is 24.5. The number of hydrogen-bond donors (Lipinski definition) is 4. The first-order valence-electron chi connectivity index (χ1n) is 21.5. The molecule has 62 heavy (non-hydrogen) atoms. The molecule has 0 aliphatic carbocycles. The summed E-state index contributed by atoms with van der Waals surface area (Å²) in [7, 11) is 3.01. The summed E-state index contributed by atoms with van der Waals surface area (Å²) >= 11 is 0. The van der Waals surface area contributed by atoms with Gasteiger partial charge in [0, 0.05) is 64.9 Å². The van der Waals surface area contributed by atoms with E-state index in [2.05, 4.69) is 111 Å². The van der Waals surface area contributed by atoms with Crippen LogP contribution in [0.25, 0.3) is 0 Å². The monoisotopic (exact) mass is 860 g/mol. The molecule has 4 aliphatic heterocycles. The Morgan fingerprint density at radius 3 is 1.50 bits per heavy atom. The van der Waals surface area contributed by atoms with Gasteiger partial charge in [0.15, 0.2) is 0 Å². The third-order valence-electron chi connectivity index (χ3n) is 11.1. The molecule has 0 radical (unpaired) electrons. The molecule has 0 unspecified atom stereocenters. The first kappa shape index (κ1) is 46.4. The maximum atomic E-state index is 11.4. The zero-order chi connectivity index (χ0) is 43.5. The van der Waals surface area contributed by atoms with Crippen molar-refractivity contribution in [2.24, 2.45) is 0 Å². The van der Waals surface area contributed by atoms with Crippen LogP contribution in [0, 0.1) is 0 Å². The van der Waals surface area contributed by atoms with Crippen LogP contribution >= 0.6 is 7.92 Å². The van der Waals surface area contributed by atoms with Gasteiger partial charge in [-0.25, -0.2) is 0 Å². The molecule has 0 bridgehead atoms. The number of benzene rings is 5. The van der Waals surface area contributed by atoms with Crippen molar-refractivity contribution in [2.45, 2.75) is 50.7 Å². The Bertz CT molecular complexity index is 2020. The molecular formula is C50H61N4O7P. The zero-order valence-electron chi connectivity index (χ0n) is 36.0. The number of likely N-dealkylation sites (tertiary alicyclic amines) is 2. The van der Waals surface area contributed by atoms with Crippen LogP contribution < -0.4 is 31.3 Å². The van der Waals surface area contributed by atoms with E-state index in [-0.39, 0.29) is 29.8 Å². The number of carbonyl (C=O) groups is 2. The van der Waals surface area contributed by atoms with Gasteiger partial charge in [0.05, 0.1) is 32.2 Å². The first-order chi connectivity index (χ1) is 30.3. The summed E-state index contributed by atoms with van der Waals surface area (Å²) in [6, 6.07) is 43.1. The maximum Gasteiger partial charge on any atom is 0.228 e. The molecule has 2 fully saturated rings. The van der Waals surface area contributed by atoms with E-state index in [0.717, 1.165) is 106 Å². The number of fused-ring (bicyclic) bond motifs is 2. The zero-order valence-corrected chi connectivity index (χ0v) is 36.9. The van der Waals surface area contributed by atoms with Gasteiger partial charge < -0.3 is 44.9 Å². The van der Waals surface area contributed by atoms with Crippen LogP contribution in [-0.4, -0.2) is 111 Å². The molecule has 2 amide bonds. The van der Waals surface area contributed by atoms with Crippen molar-refractivity contribution in [1.82, 2.24) is 9.80 Å². The van der Waals surface area contributed by atoms with E-state index in [4.69, 9.17) is 19.3 Å². The SMILES string of the molecule is COCCN1CCC(O)CC1.COCCN1CCC(Oc2ccc3c(c2)CC(=O)N3)CC1.O=C1Cc2cc(O)ccc2N1.c1ccc(P(c2ccccc2)c2ccccc2)cc1. The van der Waals surface area contributed by atoms with E-state index in [9.17, 15) is 14.7 Å². The Labute approximate surface area is 367 Å². The summed E-state index contributed by atoms with van der Waals surface area (Å²) in [5, 5.41) is 27.9. The second-order valence-electron chi connectivity index (χ2n) is 15.7. The normalized spacial score (nSPS) is 16.3. The number of aliphatic hydroxyl groups excluding tert-OH is 1. The number of ether oxygens (including phenoxy) is 3. The number of phenolic OH excluding ortho intramolecular Hbond substituents is 1. The first-order valence-corrected chi connectivity index (χ1v) is 22.9. The quantitative estimate of drug-likeness (QED) is 0.0921. The Morgan fingerprint density at radius 1 is 0.597 bits per heavy atom. The summed E-state index contributed by atoms with van der Waals surface area (Å²) in [6.07, 6.45) is 4.97. The number of aromatic hydroxyl groups is 1. The standard InChI is InChI=1S/C18H15P.C16H22N2O3.C8H7NO2.C8H17NO2/c1-4-10-16(11-5-1)19(17-12-6-2-7-13-17)18-14-8-3-9-15-18;1-20-9-8-18-6-4-13(5-7-18)21-14-2-3-15-12(10-14)11-16(19)17-15;10-6-1-2-7-5(3-6)4-8(11)9-7;1-11-7-6-9-4-2-8(10)3-5-9/h1-15H;2-3,10,13H,4-9,11H2,1H3,(H,17,19);1-3,10H,4H2,(H,9,11);8,10H,2-7H2,1H3. The van der Waals surface area contributed by atoms with Gasteiger partial charge in [-0.3, -0.25) is 9.59 Å². The van der Waals surface area contributed by atoms with Gasteiger partial charge in [-0.05, 0) is 97.0 Å². The fourth-order valence-corrected chi connectivity index (χ4v) is 10.0. The van der Waals surface area contributed by atoms with Crippen molar-refractivity contribution in [3.05, 3.63) is 139 Å². The van der Waals surface area contributed by atoms with E-state index in [0.29, 0.717) is 12.8 Å². The lowest BCUT2D eigenvalue weighted by atomic mass is 10.1. The fraction of sp³-hybridized carbons (Fsp3) is 0.360. The number of amides is 2. The molecule has 0 saturated carbocycles. The van der Waals surface area contributed by atoms with Crippen LogP contribution in [0.5, 0.6) is 11.5 Å². The number of aliphatic hydroxyl groups is 1. The van der Waals surface area contributed by atoms with Crippen LogP contribution in [-0.2, 0) is 31.9 Å². The molecule has 0 aromatic heterocycles. The number of methoxy groups -OCH3 is 2. The van der Waals surface area contributed by atoms with Crippen LogP contribution in [0.4, 0.5) is 11.4 Å². The molecule has 12 heteroatoms. The van der Waals surface area contributed by atoms with Gasteiger partial charge >= 0.3 is 0 Å². The predicted molar refractivity (Wildman–Crippen MR) is 250 cm³/mol. The summed E-state index contributed by atoms with van der Waals surface area (Å²) in [4.78, 5) is 26.9. The average molecular weight is 861 g/mol. The highest BCUT2D eigenvalue weighted by Gasteiger charge is 2.23. The summed E-state index contributed by atoms with van der Waals surface area (Å²) in [6.45, 7) is 7.74. The molecule has 0 atom stereocenters. The minimum absolute atomic E-state index is 0.00870. The molecule has 0 spiro atoms. The summed E-state index contributed by atoms with van der Waals surface area (Å²) < 4.78 is 16.2. The highest BCUT2D eigenvalue weighted by Crippen LogP contribution is 2.32. The maximum absolute atomic E-state index is 11.4. The summed E-state index contributed by atoms with van der Waals surface area (Å²) in [5.41, 5.74) is 3.64. The number of nitrogens with zero attached hydrogens (tertiary/aromatic N) is 2. The molecule has 4 heterocycles. The number of anilines is 2. The number of carbonyl (C=O) groups excluding carboxylic acids is 2. The number of hydrogen-bond acceptors (Lipinski definition) is 9. The fourth-order valence-electron chi connectivity index (χ4n) is 7.70. The molecule has 5 aromatic carbocycles. The molecular weight excluding hydrogens is 800 g/mol. The van der Waals surface area contributed by atoms with Crippen molar-refractivity contribution < 1.29 is 34.0 Å². The smallest absolute Gasteiger partial charge is 0.228 e. The predicted octanol–water partition coefficient (Wildman–Crippen LogP) is 6.09. The molecule has 328 valence electrons. The Hall–Kier alpha value is -5.13. The minimum atomic E-state index is -0.446. The van der Waals surface area contributed by atoms with E-state index in [1.54, 1.807) is 32.4 Å². The van der Waals surface area contributed by atoms with Crippen molar-refractivity contribution >= 4 is 47.0 Å². The number of phenols is 1. The van der Waals surface area contributed by atoms with Crippen LogP contribution in [0.1, 0.15) is 36.8 Å². The molecule has 5 aromatic rings. The Morgan fingerprint density at radius 2 is 1.03 bits per heavy atom. The topological polar surface area (TPSA) is 133 Å². The van der Waals surface area contributed by atoms with Crippen molar-refractivity contribution in [3.63, 3.8) is 0 Å². The van der Waals surface area contributed by atoms with Gasteiger partial charge in [-0.2, -0.15) is 0 Å². The van der Waals surface area contributed by atoms with Crippen molar-refractivity contribution in [2.75, 3.05) is 77.3 Å². The lowest BCUT2D eigenvalue weighted by Gasteiger charge is -2.32. The highest BCUT2D eigenvalue weighted by molar-refractivity contribution is 7.79. The van der Waals surface area contributed by atoms with Gasteiger partial charge in [-0.1, -0.05) is 91.0 Å². The number of piperidine rings is 2. The molecule has 9 rings (SSSR count).